The molecule has 0 aliphatic rings. The number of aromatic hydroxyl groups is 2. The van der Waals surface area contributed by atoms with Crippen molar-refractivity contribution in [3.05, 3.63) is 59.7 Å². The molecule has 2 aromatic carbocycles. The van der Waals surface area contributed by atoms with Crippen molar-refractivity contribution in [2.24, 2.45) is 9.98 Å². The molecule has 0 bridgehead atoms. The van der Waals surface area contributed by atoms with Gasteiger partial charge >= 0.3 is 0 Å². The first-order valence-corrected chi connectivity index (χ1v) is 6.33. The summed E-state index contributed by atoms with van der Waals surface area (Å²) in [4.78, 5) is 8.39. The van der Waals surface area contributed by atoms with Crippen molar-refractivity contribution in [3.63, 3.8) is 0 Å². The summed E-state index contributed by atoms with van der Waals surface area (Å²) in [5.41, 5.74) is 1.38. The monoisotopic (exact) mass is 324 g/mol. The van der Waals surface area contributed by atoms with Gasteiger partial charge in [0.05, 0.1) is 13.1 Å². The van der Waals surface area contributed by atoms with Gasteiger partial charge < -0.3 is 10.2 Å². The van der Waals surface area contributed by atoms with Crippen LogP contribution in [0.25, 0.3) is 0 Å². The van der Waals surface area contributed by atoms with E-state index in [1.165, 1.54) is 0 Å². The third kappa shape index (κ3) is 5.42. The number of phenols is 2. The molecule has 2 aromatic rings. The first-order chi connectivity index (χ1) is 9.77. The van der Waals surface area contributed by atoms with Crippen molar-refractivity contribution in [3.8, 4) is 11.5 Å². The van der Waals surface area contributed by atoms with Crippen LogP contribution in [-0.2, 0) is 17.1 Å². The molecule has 0 atom stereocenters. The Hall–Kier alpha value is -2.10. The van der Waals surface area contributed by atoms with E-state index in [1.54, 1.807) is 48.8 Å². The number of nitrogens with zero attached hydrogens (tertiary/aromatic N) is 2. The van der Waals surface area contributed by atoms with Gasteiger partial charge in [0.1, 0.15) is 11.5 Å². The second-order valence-corrected chi connectivity index (χ2v) is 4.19. The number of hydrogen-bond acceptors (Lipinski definition) is 4. The summed E-state index contributed by atoms with van der Waals surface area (Å²) in [7, 11) is 0. The molecule has 0 aromatic heterocycles. The maximum absolute atomic E-state index is 9.54. The molecular weight excluding hydrogens is 308 g/mol. The third-order valence-corrected chi connectivity index (χ3v) is 2.69. The van der Waals surface area contributed by atoms with Crippen LogP contribution in [0, 0.1) is 0 Å². The summed E-state index contributed by atoms with van der Waals surface area (Å²) in [6.07, 6.45) is 3.26. The number of aliphatic imine (C=N–C) groups is 2. The zero-order valence-electron chi connectivity index (χ0n) is 11.3. The Morgan fingerprint density at radius 1 is 0.714 bits per heavy atom. The van der Waals surface area contributed by atoms with E-state index >= 15 is 0 Å². The Morgan fingerprint density at radius 3 is 1.48 bits per heavy atom. The van der Waals surface area contributed by atoms with Gasteiger partial charge in [0.25, 0.3) is 0 Å². The van der Waals surface area contributed by atoms with Gasteiger partial charge in [-0.25, -0.2) is 0 Å². The van der Waals surface area contributed by atoms with E-state index in [-0.39, 0.29) is 28.6 Å². The van der Waals surface area contributed by atoms with Crippen LogP contribution in [0.2, 0.25) is 0 Å². The van der Waals surface area contributed by atoms with Gasteiger partial charge in [0, 0.05) is 40.6 Å². The molecule has 0 spiro atoms. The molecule has 0 saturated carbocycles. The summed E-state index contributed by atoms with van der Waals surface area (Å²) in [5.74, 6) is 0.433. The average Bonchev–Trinajstić information content (AvgIpc) is 2.46. The van der Waals surface area contributed by atoms with Crippen LogP contribution >= 0.6 is 0 Å². The molecule has 2 N–H and O–H groups in total. The van der Waals surface area contributed by atoms with Crippen molar-refractivity contribution >= 4 is 12.4 Å². The van der Waals surface area contributed by atoms with Crippen molar-refractivity contribution in [1.29, 1.82) is 0 Å². The molecule has 0 heterocycles. The first-order valence-electron chi connectivity index (χ1n) is 6.33. The van der Waals surface area contributed by atoms with E-state index in [9.17, 15) is 10.2 Å². The summed E-state index contributed by atoms with van der Waals surface area (Å²) in [5, 5.41) is 19.1. The number of phenolic OH excluding ortho intramolecular Hbond substituents is 2. The van der Waals surface area contributed by atoms with Crippen molar-refractivity contribution < 1.29 is 27.3 Å². The van der Waals surface area contributed by atoms with Gasteiger partial charge in [-0.15, -0.1) is 0 Å². The van der Waals surface area contributed by atoms with Crippen LogP contribution < -0.4 is 0 Å². The predicted molar refractivity (Wildman–Crippen MR) is 81.1 cm³/mol. The molecule has 0 radical (unpaired) electrons. The van der Waals surface area contributed by atoms with E-state index in [0.29, 0.717) is 24.2 Å². The second kappa shape index (κ2) is 8.95. The normalized spacial score (nSPS) is 10.9. The Morgan fingerprint density at radius 2 is 1.10 bits per heavy atom. The van der Waals surface area contributed by atoms with Crippen LogP contribution in [0.5, 0.6) is 11.5 Å². The topological polar surface area (TPSA) is 65.2 Å². The standard InChI is InChI=1S/C16H16N2O2.Fe/c19-15-7-3-1-5-13(15)11-17-9-10-18-12-14-6-2-4-8-16(14)20;/h1-8,11-12,19-20H,9-10H2;. The van der Waals surface area contributed by atoms with E-state index in [2.05, 4.69) is 9.98 Å². The van der Waals surface area contributed by atoms with Gasteiger partial charge in [-0.2, -0.15) is 0 Å². The van der Waals surface area contributed by atoms with Crippen LogP contribution in [0.15, 0.2) is 58.5 Å². The summed E-state index contributed by atoms with van der Waals surface area (Å²) in [6, 6.07) is 14.1. The number of hydrogen-bond donors (Lipinski definition) is 2. The van der Waals surface area contributed by atoms with Crippen molar-refractivity contribution in [2.75, 3.05) is 13.1 Å². The molecule has 110 valence electrons. The Kier molecular flexibility index (Phi) is 7.22. The maximum Gasteiger partial charge on any atom is 0.124 e. The molecule has 0 fully saturated rings. The maximum atomic E-state index is 9.54. The molecule has 0 aliphatic heterocycles. The Bertz CT molecular complexity index is 572. The minimum Gasteiger partial charge on any atom is -0.507 e. The van der Waals surface area contributed by atoms with E-state index < -0.39 is 0 Å². The van der Waals surface area contributed by atoms with Crippen molar-refractivity contribution in [2.45, 2.75) is 0 Å². The SMILES string of the molecule is Oc1ccccc1C=NCCN=Cc1ccccc1O.[Fe]. The summed E-state index contributed by atoms with van der Waals surface area (Å²) >= 11 is 0. The molecule has 4 nitrogen and oxygen atoms in total. The van der Waals surface area contributed by atoms with Gasteiger partial charge in [-0.05, 0) is 24.3 Å². The molecule has 0 saturated heterocycles. The van der Waals surface area contributed by atoms with Crippen LogP contribution in [0.4, 0.5) is 0 Å². The van der Waals surface area contributed by atoms with Gasteiger partial charge in [-0.3, -0.25) is 9.98 Å². The Balaban J connectivity index is 0.00000220. The number of rotatable bonds is 5. The van der Waals surface area contributed by atoms with Crippen LogP contribution in [-0.4, -0.2) is 35.7 Å². The molecular formula is C16H16FeN2O2. The molecule has 0 unspecified atom stereocenters. The second-order valence-electron chi connectivity index (χ2n) is 4.19. The molecule has 5 heteroatoms. The fourth-order valence-electron chi connectivity index (χ4n) is 1.63. The van der Waals surface area contributed by atoms with E-state index in [4.69, 9.17) is 0 Å². The molecule has 21 heavy (non-hydrogen) atoms. The van der Waals surface area contributed by atoms with Gasteiger partial charge in [0.2, 0.25) is 0 Å². The number of para-hydroxylation sites is 2. The smallest absolute Gasteiger partial charge is 0.124 e. The van der Waals surface area contributed by atoms with E-state index in [0.717, 1.165) is 0 Å². The third-order valence-electron chi connectivity index (χ3n) is 2.69. The zero-order valence-corrected chi connectivity index (χ0v) is 12.4. The van der Waals surface area contributed by atoms with Gasteiger partial charge in [-0.1, -0.05) is 24.3 Å². The average molecular weight is 324 g/mol. The molecule has 0 aliphatic carbocycles. The predicted octanol–water partition coefficient (Wildman–Crippen LogP) is 2.63. The zero-order chi connectivity index (χ0) is 14.2. The first kappa shape index (κ1) is 17.0. The van der Waals surface area contributed by atoms with Crippen molar-refractivity contribution in [1.82, 2.24) is 0 Å². The minimum atomic E-state index is 0. The summed E-state index contributed by atoms with van der Waals surface area (Å²) < 4.78 is 0. The molecule has 0 amide bonds. The quantitative estimate of drug-likeness (QED) is 0.504. The van der Waals surface area contributed by atoms with Crippen LogP contribution in [0.3, 0.4) is 0 Å². The Labute approximate surface area is 134 Å². The summed E-state index contributed by atoms with van der Waals surface area (Å²) in [6.45, 7) is 1.05. The largest absolute Gasteiger partial charge is 0.507 e. The fourth-order valence-corrected chi connectivity index (χ4v) is 1.63. The minimum absolute atomic E-state index is 0. The van der Waals surface area contributed by atoms with Crippen LogP contribution in [0.1, 0.15) is 11.1 Å². The number of benzene rings is 2. The molecule has 2 rings (SSSR count). The fraction of sp³-hybridized carbons (Fsp3) is 0.125. The van der Waals surface area contributed by atoms with Gasteiger partial charge in [0.15, 0.2) is 0 Å². The van der Waals surface area contributed by atoms with E-state index in [1.807, 2.05) is 12.1 Å².